The third-order valence-corrected chi connectivity index (χ3v) is 5.04. The number of rotatable bonds is 6. The van der Waals surface area contributed by atoms with Crippen LogP contribution in [0.5, 0.6) is 11.5 Å². The molecule has 0 saturated heterocycles. The lowest BCUT2D eigenvalue weighted by Gasteiger charge is -2.28. The summed E-state index contributed by atoms with van der Waals surface area (Å²) in [5, 5.41) is 8.45. The van der Waals surface area contributed by atoms with E-state index < -0.39 is 15.9 Å². The van der Waals surface area contributed by atoms with Crippen LogP contribution < -0.4 is 25.4 Å². The van der Waals surface area contributed by atoms with Gasteiger partial charge in [0.05, 0.1) is 19.9 Å². The van der Waals surface area contributed by atoms with Crippen LogP contribution in [0, 0.1) is 0 Å². The predicted molar refractivity (Wildman–Crippen MR) is 125 cm³/mol. The quantitative estimate of drug-likeness (QED) is 0.275. The van der Waals surface area contributed by atoms with E-state index in [0.717, 1.165) is 4.47 Å². The average Bonchev–Trinajstić information content (AvgIpc) is 2.67. The van der Waals surface area contributed by atoms with Crippen molar-refractivity contribution >= 4 is 79.7 Å². The fraction of sp³-hybridized carbons (Fsp3) is 0.222. The van der Waals surface area contributed by atoms with Gasteiger partial charge in [-0.15, -0.1) is 0 Å². The summed E-state index contributed by atoms with van der Waals surface area (Å²) in [7, 11) is 3.06. The number of halogens is 4. The van der Waals surface area contributed by atoms with Gasteiger partial charge in [-0.1, -0.05) is 50.7 Å². The summed E-state index contributed by atoms with van der Waals surface area (Å²) in [5.74, 6) is 0.680. The molecule has 0 aliphatic rings. The minimum atomic E-state index is -1.88. The first kappa shape index (κ1) is 23.8. The fourth-order valence-corrected chi connectivity index (χ4v) is 3.04. The molecule has 0 aliphatic carbocycles. The van der Waals surface area contributed by atoms with E-state index in [4.69, 9.17) is 56.5 Å². The summed E-state index contributed by atoms with van der Waals surface area (Å²) in [6.07, 6.45) is -1.11. The fourth-order valence-electron chi connectivity index (χ4n) is 2.22. The molecule has 2 aromatic rings. The summed E-state index contributed by atoms with van der Waals surface area (Å²) in [5.41, 5.74) is 0.925. The second-order valence-electron chi connectivity index (χ2n) is 5.62. The van der Waals surface area contributed by atoms with Crippen LogP contribution >= 0.6 is 63.0 Å². The van der Waals surface area contributed by atoms with Gasteiger partial charge in [-0.3, -0.25) is 4.79 Å². The number of thiocarbonyl (C=S) groups is 1. The molecule has 0 radical (unpaired) electrons. The van der Waals surface area contributed by atoms with Crippen LogP contribution in [0.25, 0.3) is 0 Å². The lowest BCUT2D eigenvalue weighted by molar-refractivity contribution is 0.0934. The molecule has 1 unspecified atom stereocenters. The number of hydrogen-bond acceptors (Lipinski definition) is 4. The van der Waals surface area contributed by atoms with Crippen molar-refractivity contribution in [3.63, 3.8) is 0 Å². The number of benzene rings is 2. The number of anilines is 1. The molecular formula is C18H17BrCl3N3O3S. The largest absolute Gasteiger partial charge is 0.497 e. The molecule has 0 bridgehead atoms. The molecule has 0 fully saturated rings. The highest BCUT2D eigenvalue weighted by Crippen LogP contribution is 2.31. The molecule has 1 amide bonds. The highest BCUT2D eigenvalue weighted by molar-refractivity contribution is 9.10. The molecule has 0 saturated carbocycles. The van der Waals surface area contributed by atoms with Gasteiger partial charge in [-0.2, -0.15) is 0 Å². The van der Waals surface area contributed by atoms with Crippen LogP contribution in [0.15, 0.2) is 46.9 Å². The van der Waals surface area contributed by atoms with E-state index in [1.165, 1.54) is 7.11 Å². The summed E-state index contributed by atoms with van der Waals surface area (Å²) in [4.78, 5) is 12.5. The number of hydrogen-bond donors (Lipinski definition) is 3. The number of ether oxygens (including phenoxy) is 2. The van der Waals surface area contributed by atoms with Crippen LogP contribution in [0.1, 0.15) is 10.4 Å². The predicted octanol–water partition coefficient (Wildman–Crippen LogP) is 4.88. The molecule has 0 aromatic heterocycles. The van der Waals surface area contributed by atoms with Crippen LogP contribution in [-0.4, -0.2) is 35.2 Å². The number of alkyl halides is 3. The van der Waals surface area contributed by atoms with E-state index in [9.17, 15) is 4.79 Å². The van der Waals surface area contributed by atoms with Gasteiger partial charge < -0.3 is 25.4 Å². The Morgan fingerprint density at radius 2 is 1.72 bits per heavy atom. The second kappa shape index (κ2) is 10.5. The van der Waals surface area contributed by atoms with Gasteiger partial charge in [0.2, 0.25) is 3.79 Å². The van der Waals surface area contributed by atoms with Gasteiger partial charge in [0.15, 0.2) is 5.11 Å². The highest BCUT2D eigenvalue weighted by atomic mass is 79.9. The molecule has 0 aliphatic heterocycles. The van der Waals surface area contributed by atoms with Crippen LogP contribution in [-0.2, 0) is 0 Å². The maximum absolute atomic E-state index is 12.5. The zero-order valence-corrected chi connectivity index (χ0v) is 19.9. The topological polar surface area (TPSA) is 71.6 Å². The van der Waals surface area contributed by atoms with Crippen molar-refractivity contribution in [3.8, 4) is 11.5 Å². The lowest BCUT2D eigenvalue weighted by Crippen LogP contribution is -2.56. The third kappa shape index (κ3) is 7.08. The highest BCUT2D eigenvalue weighted by Gasteiger charge is 2.35. The summed E-state index contributed by atoms with van der Waals surface area (Å²) in [6.45, 7) is 0. The van der Waals surface area contributed by atoms with Gasteiger partial charge in [0.1, 0.15) is 17.7 Å². The Hall–Kier alpha value is -1.45. The first-order valence-electron chi connectivity index (χ1n) is 8.06. The van der Waals surface area contributed by atoms with Crippen LogP contribution in [0.2, 0.25) is 0 Å². The Bertz CT molecular complexity index is 879. The minimum Gasteiger partial charge on any atom is -0.497 e. The zero-order valence-electron chi connectivity index (χ0n) is 15.3. The maximum Gasteiger partial charge on any atom is 0.252 e. The van der Waals surface area contributed by atoms with Crippen LogP contribution in [0.3, 0.4) is 0 Å². The first-order chi connectivity index (χ1) is 13.6. The van der Waals surface area contributed by atoms with E-state index in [1.807, 2.05) is 0 Å². The Labute approximate surface area is 197 Å². The Balaban J connectivity index is 2.13. The smallest absolute Gasteiger partial charge is 0.252 e. The van der Waals surface area contributed by atoms with Crippen molar-refractivity contribution in [1.82, 2.24) is 10.6 Å². The average molecular weight is 542 g/mol. The molecule has 0 spiro atoms. The molecule has 0 heterocycles. The van der Waals surface area contributed by atoms with Crippen molar-refractivity contribution in [1.29, 1.82) is 0 Å². The SMILES string of the molecule is COc1ccc(OC)c(NC(=S)NC(NC(=O)c2ccc(Br)cc2)C(Cl)(Cl)Cl)c1. The number of amides is 1. The normalized spacial score (nSPS) is 11.9. The Morgan fingerprint density at radius 1 is 1.07 bits per heavy atom. The van der Waals surface area contributed by atoms with Gasteiger partial charge >= 0.3 is 0 Å². The Kier molecular flexibility index (Phi) is 8.66. The molecule has 3 N–H and O–H groups in total. The number of carbonyl (C=O) groups excluding carboxylic acids is 1. The van der Waals surface area contributed by atoms with Gasteiger partial charge in [0, 0.05) is 16.1 Å². The summed E-state index contributed by atoms with van der Waals surface area (Å²) >= 11 is 26.7. The van der Waals surface area contributed by atoms with E-state index >= 15 is 0 Å². The number of carbonyl (C=O) groups is 1. The lowest BCUT2D eigenvalue weighted by atomic mass is 10.2. The molecule has 2 rings (SSSR count). The van der Waals surface area contributed by atoms with Crippen molar-refractivity contribution in [2.75, 3.05) is 19.5 Å². The van der Waals surface area contributed by atoms with Crippen LogP contribution in [0.4, 0.5) is 5.69 Å². The van der Waals surface area contributed by atoms with E-state index in [2.05, 4.69) is 31.9 Å². The van der Waals surface area contributed by atoms with E-state index in [-0.39, 0.29) is 5.11 Å². The Morgan fingerprint density at radius 3 is 2.28 bits per heavy atom. The molecule has 6 nitrogen and oxygen atoms in total. The number of methoxy groups -OCH3 is 2. The van der Waals surface area contributed by atoms with Crippen molar-refractivity contribution in [2.24, 2.45) is 0 Å². The van der Waals surface area contributed by atoms with E-state index in [0.29, 0.717) is 22.7 Å². The minimum absolute atomic E-state index is 0.101. The van der Waals surface area contributed by atoms with Crippen molar-refractivity contribution in [3.05, 3.63) is 52.5 Å². The third-order valence-electron chi connectivity index (χ3n) is 3.64. The summed E-state index contributed by atoms with van der Waals surface area (Å²) in [6, 6.07) is 11.9. The summed E-state index contributed by atoms with van der Waals surface area (Å²) < 4.78 is 9.45. The molecule has 1 atom stereocenters. The zero-order chi connectivity index (χ0) is 21.6. The van der Waals surface area contributed by atoms with Crippen molar-refractivity contribution < 1.29 is 14.3 Å². The molecule has 29 heavy (non-hydrogen) atoms. The molecule has 2 aromatic carbocycles. The standard InChI is InChI=1S/C18H17BrCl3N3O3S/c1-27-12-7-8-14(28-2)13(9-12)23-17(29)25-16(18(20,21)22)24-15(26)10-3-5-11(19)6-4-10/h3-9,16H,1-2H3,(H,24,26)(H2,23,25,29). The molecule has 11 heteroatoms. The molecule has 156 valence electrons. The maximum atomic E-state index is 12.5. The van der Waals surface area contributed by atoms with Gasteiger partial charge in [0.25, 0.3) is 5.91 Å². The first-order valence-corrected chi connectivity index (χ1v) is 10.4. The number of nitrogens with one attached hydrogen (secondary N) is 3. The monoisotopic (exact) mass is 539 g/mol. The van der Waals surface area contributed by atoms with Gasteiger partial charge in [-0.05, 0) is 48.6 Å². The second-order valence-corrected chi connectivity index (χ2v) is 9.31. The molecular weight excluding hydrogens is 525 g/mol. The van der Waals surface area contributed by atoms with Gasteiger partial charge in [-0.25, -0.2) is 0 Å². The van der Waals surface area contributed by atoms with Crippen molar-refractivity contribution in [2.45, 2.75) is 9.96 Å². The van der Waals surface area contributed by atoms with E-state index in [1.54, 1.807) is 49.6 Å².